The van der Waals surface area contributed by atoms with Gasteiger partial charge >= 0.3 is 0 Å². The standard InChI is InChI=1S/C26H34N4O3S/c1-16-8-9-21(25(31)29-16)22-13-20(26(2,3)4)12-18-11-19(15-28-24(18)22)23(30-34(5,32)33)17-7-6-10-27-14-17/h8-9,11-13,15,17,23,27,30H,6-7,10,14H2,1-5H3,(H,29,31). The van der Waals surface area contributed by atoms with E-state index in [1.165, 1.54) is 6.26 Å². The number of piperidine rings is 1. The van der Waals surface area contributed by atoms with Crippen molar-refractivity contribution in [3.05, 3.63) is 63.7 Å². The molecule has 2 atom stereocenters. The summed E-state index contributed by atoms with van der Waals surface area (Å²) in [6, 6.07) is 9.54. The first kappa shape index (κ1) is 24.6. The van der Waals surface area contributed by atoms with Crippen LogP contribution >= 0.6 is 0 Å². The zero-order valence-electron chi connectivity index (χ0n) is 20.5. The number of hydrogen-bond donors (Lipinski definition) is 3. The smallest absolute Gasteiger partial charge is 0.256 e. The highest BCUT2D eigenvalue weighted by Crippen LogP contribution is 2.35. The molecule has 0 bridgehead atoms. The van der Waals surface area contributed by atoms with Gasteiger partial charge in [-0.25, -0.2) is 13.1 Å². The Hall–Kier alpha value is -2.55. The predicted octanol–water partition coefficient (Wildman–Crippen LogP) is 3.79. The number of pyridine rings is 2. The van der Waals surface area contributed by atoms with Gasteiger partial charge in [0.1, 0.15) is 0 Å². The van der Waals surface area contributed by atoms with E-state index in [0.29, 0.717) is 5.56 Å². The molecule has 182 valence electrons. The largest absolute Gasteiger partial charge is 0.326 e. The third-order valence-corrected chi connectivity index (χ3v) is 7.20. The average Bonchev–Trinajstić information content (AvgIpc) is 2.76. The summed E-state index contributed by atoms with van der Waals surface area (Å²) >= 11 is 0. The first-order valence-corrected chi connectivity index (χ1v) is 13.6. The van der Waals surface area contributed by atoms with Gasteiger partial charge in [-0.2, -0.15) is 0 Å². The van der Waals surface area contributed by atoms with Gasteiger partial charge in [-0.1, -0.05) is 20.8 Å². The van der Waals surface area contributed by atoms with Crippen LogP contribution in [0.5, 0.6) is 0 Å². The maximum Gasteiger partial charge on any atom is 0.256 e. The van der Waals surface area contributed by atoms with Crippen molar-refractivity contribution in [2.24, 2.45) is 5.92 Å². The van der Waals surface area contributed by atoms with Crippen LogP contribution in [0.25, 0.3) is 22.0 Å². The quantitative estimate of drug-likeness (QED) is 0.513. The molecule has 0 saturated carbocycles. The Morgan fingerprint density at radius 3 is 2.53 bits per heavy atom. The third-order valence-electron chi connectivity index (χ3n) is 6.52. The Kier molecular flexibility index (Phi) is 6.68. The van der Waals surface area contributed by atoms with Crippen LogP contribution in [0.1, 0.15) is 56.5 Å². The summed E-state index contributed by atoms with van der Waals surface area (Å²) in [7, 11) is -3.42. The minimum Gasteiger partial charge on any atom is -0.326 e. The molecule has 8 heteroatoms. The molecule has 1 aliphatic rings. The molecule has 2 unspecified atom stereocenters. The molecule has 0 radical (unpaired) electrons. The van der Waals surface area contributed by atoms with Crippen LogP contribution in [0.4, 0.5) is 0 Å². The Balaban J connectivity index is 1.92. The van der Waals surface area contributed by atoms with Gasteiger partial charge in [0.05, 0.1) is 17.8 Å². The van der Waals surface area contributed by atoms with Crippen molar-refractivity contribution in [1.29, 1.82) is 0 Å². The highest BCUT2D eigenvalue weighted by atomic mass is 32.2. The fourth-order valence-electron chi connectivity index (χ4n) is 4.69. The van der Waals surface area contributed by atoms with Gasteiger partial charge in [-0.3, -0.25) is 9.78 Å². The SMILES string of the molecule is Cc1ccc(-c2cc(C(C)(C)C)cc3cc(C(NS(C)(=O)=O)C4CCCNC4)cnc23)c(=O)[nH]1. The summed E-state index contributed by atoms with van der Waals surface area (Å²) in [6.45, 7) is 9.95. The van der Waals surface area contributed by atoms with E-state index in [-0.39, 0.29) is 22.9 Å². The normalized spacial score (nSPS) is 18.2. The fourth-order valence-corrected chi connectivity index (χ4v) is 5.48. The summed E-state index contributed by atoms with van der Waals surface area (Å²) in [5.41, 5.74) is 4.51. The van der Waals surface area contributed by atoms with Crippen molar-refractivity contribution in [3.63, 3.8) is 0 Å². The Morgan fingerprint density at radius 1 is 1.15 bits per heavy atom. The monoisotopic (exact) mass is 482 g/mol. The molecule has 1 aromatic carbocycles. The highest BCUT2D eigenvalue weighted by molar-refractivity contribution is 7.88. The van der Waals surface area contributed by atoms with Gasteiger partial charge < -0.3 is 10.3 Å². The second kappa shape index (κ2) is 9.24. The zero-order chi connectivity index (χ0) is 24.7. The summed E-state index contributed by atoms with van der Waals surface area (Å²) in [5, 5.41) is 4.28. The number of nitrogens with one attached hydrogen (secondary N) is 3. The molecule has 0 aliphatic carbocycles. The van der Waals surface area contributed by atoms with Crippen molar-refractivity contribution in [3.8, 4) is 11.1 Å². The number of aromatic nitrogens is 2. The predicted molar refractivity (Wildman–Crippen MR) is 138 cm³/mol. The first-order valence-electron chi connectivity index (χ1n) is 11.7. The van der Waals surface area contributed by atoms with Crippen LogP contribution in [0.3, 0.4) is 0 Å². The lowest BCUT2D eigenvalue weighted by Gasteiger charge is -2.31. The number of rotatable bonds is 5. The van der Waals surface area contributed by atoms with E-state index < -0.39 is 10.0 Å². The molecule has 7 nitrogen and oxygen atoms in total. The Labute approximate surface area is 201 Å². The van der Waals surface area contributed by atoms with Gasteiger partial charge in [0.2, 0.25) is 10.0 Å². The van der Waals surface area contributed by atoms with Gasteiger partial charge in [0.25, 0.3) is 5.56 Å². The van der Waals surface area contributed by atoms with Crippen LogP contribution in [-0.4, -0.2) is 37.7 Å². The molecule has 2 aromatic heterocycles. The summed E-state index contributed by atoms with van der Waals surface area (Å²) in [4.78, 5) is 20.5. The molecule has 0 spiro atoms. The van der Waals surface area contributed by atoms with Gasteiger partial charge in [0, 0.05) is 28.4 Å². The van der Waals surface area contributed by atoms with Crippen LogP contribution in [0.15, 0.2) is 41.3 Å². The lowest BCUT2D eigenvalue weighted by molar-refractivity contribution is 0.311. The molecule has 1 saturated heterocycles. The van der Waals surface area contributed by atoms with E-state index in [1.807, 2.05) is 31.2 Å². The fraction of sp³-hybridized carbons (Fsp3) is 0.462. The van der Waals surface area contributed by atoms with Crippen molar-refractivity contribution in [2.75, 3.05) is 19.3 Å². The van der Waals surface area contributed by atoms with Gasteiger partial charge in [0.15, 0.2) is 0 Å². The lowest BCUT2D eigenvalue weighted by atomic mass is 9.83. The second-order valence-corrected chi connectivity index (χ2v) is 12.3. The lowest BCUT2D eigenvalue weighted by Crippen LogP contribution is -2.40. The summed E-state index contributed by atoms with van der Waals surface area (Å²) in [6.07, 6.45) is 4.89. The van der Waals surface area contributed by atoms with Crippen LogP contribution in [-0.2, 0) is 15.4 Å². The zero-order valence-corrected chi connectivity index (χ0v) is 21.3. The number of hydrogen-bond acceptors (Lipinski definition) is 5. The molecular weight excluding hydrogens is 448 g/mol. The number of aromatic amines is 1. The van der Waals surface area contributed by atoms with E-state index in [4.69, 9.17) is 4.98 Å². The van der Waals surface area contributed by atoms with E-state index in [1.54, 1.807) is 6.20 Å². The molecule has 3 heterocycles. The molecule has 3 N–H and O–H groups in total. The number of benzene rings is 1. The maximum absolute atomic E-state index is 12.8. The number of sulfonamides is 1. The maximum atomic E-state index is 12.8. The molecule has 1 aliphatic heterocycles. The average molecular weight is 483 g/mol. The van der Waals surface area contributed by atoms with Crippen LogP contribution < -0.4 is 15.6 Å². The van der Waals surface area contributed by atoms with Crippen molar-refractivity contribution in [2.45, 2.75) is 52.0 Å². The molecular formula is C26H34N4O3S. The minimum atomic E-state index is -3.42. The Bertz CT molecular complexity index is 1370. The van der Waals surface area contributed by atoms with Crippen molar-refractivity contribution >= 4 is 20.9 Å². The van der Waals surface area contributed by atoms with E-state index in [9.17, 15) is 13.2 Å². The number of nitrogens with zero attached hydrogens (tertiary/aromatic N) is 1. The van der Waals surface area contributed by atoms with Gasteiger partial charge in [-0.15, -0.1) is 0 Å². The number of aryl methyl sites for hydroxylation is 1. The van der Waals surface area contributed by atoms with Crippen LogP contribution in [0.2, 0.25) is 0 Å². The summed E-state index contributed by atoms with van der Waals surface area (Å²) in [5.74, 6) is 0.132. The van der Waals surface area contributed by atoms with E-state index >= 15 is 0 Å². The second-order valence-electron chi connectivity index (χ2n) is 10.5. The van der Waals surface area contributed by atoms with E-state index in [2.05, 4.69) is 41.9 Å². The van der Waals surface area contributed by atoms with E-state index in [0.717, 1.165) is 59.2 Å². The molecule has 1 fully saturated rings. The number of H-pyrrole nitrogens is 1. The highest BCUT2D eigenvalue weighted by Gasteiger charge is 2.28. The third kappa shape index (κ3) is 5.40. The molecule has 3 aromatic rings. The Morgan fingerprint density at radius 2 is 1.91 bits per heavy atom. The number of fused-ring (bicyclic) bond motifs is 1. The molecule has 34 heavy (non-hydrogen) atoms. The molecule has 0 amide bonds. The van der Waals surface area contributed by atoms with Crippen molar-refractivity contribution in [1.82, 2.24) is 20.0 Å². The van der Waals surface area contributed by atoms with Gasteiger partial charge in [-0.05, 0) is 85.6 Å². The first-order chi connectivity index (χ1) is 15.9. The summed E-state index contributed by atoms with van der Waals surface area (Å²) < 4.78 is 27.3. The topological polar surface area (TPSA) is 104 Å². The van der Waals surface area contributed by atoms with Crippen LogP contribution in [0, 0.1) is 12.8 Å². The molecule has 4 rings (SSSR count). The van der Waals surface area contributed by atoms with Crippen molar-refractivity contribution < 1.29 is 8.42 Å². The minimum absolute atomic E-state index is 0.132.